The summed E-state index contributed by atoms with van der Waals surface area (Å²) < 4.78 is 1.35. The van der Waals surface area contributed by atoms with Crippen LogP contribution in [0.25, 0.3) is 0 Å². The van der Waals surface area contributed by atoms with Gasteiger partial charge in [0.15, 0.2) is 0 Å². The molecule has 0 aliphatic carbocycles. The molecule has 0 fully saturated rings. The van der Waals surface area contributed by atoms with Crippen molar-refractivity contribution in [2.45, 2.75) is 26.4 Å². The van der Waals surface area contributed by atoms with Gasteiger partial charge < -0.3 is 15.2 Å². The maximum Gasteiger partial charge on any atom is 0.274 e. The number of aromatic nitrogens is 1. The van der Waals surface area contributed by atoms with Crippen LogP contribution in [-0.2, 0) is 11.3 Å². The van der Waals surface area contributed by atoms with E-state index in [-0.39, 0.29) is 30.1 Å². The Morgan fingerprint density at radius 2 is 1.55 bits per heavy atom. The first kappa shape index (κ1) is 20.1. The van der Waals surface area contributed by atoms with Crippen LogP contribution in [0.4, 0.5) is 5.69 Å². The number of pyridine rings is 1. The summed E-state index contributed by atoms with van der Waals surface area (Å²) in [6.07, 6.45) is 0. The zero-order valence-corrected chi connectivity index (χ0v) is 16.4. The van der Waals surface area contributed by atoms with Gasteiger partial charge in [0, 0.05) is 11.3 Å². The van der Waals surface area contributed by atoms with Crippen molar-refractivity contribution in [3.63, 3.8) is 0 Å². The fourth-order valence-electron chi connectivity index (χ4n) is 3.00. The first-order valence-electron chi connectivity index (χ1n) is 9.37. The first-order valence-corrected chi connectivity index (χ1v) is 9.37. The number of carbonyl (C=O) groups is 2. The molecule has 0 aliphatic rings. The van der Waals surface area contributed by atoms with Crippen LogP contribution in [-0.4, -0.2) is 16.4 Å². The zero-order valence-electron chi connectivity index (χ0n) is 16.4. The largest absolute Gasteiger partial charge is 0.348 e. The van der Waals surface area contributed by atoms with Crippen molar-refractivity contribution in [2.75, 3.05) is 5.32 Å². The number of nitrogens with one attached hydrogen (secondary N) is 2. The maximum absolute atomic E-state index is 12.8. The number of hydrogen-bond donors (Lipinski definition) is 2. The van der Waals surface area contributed by atoms with E-state index in [2.05, 4.69) is 10.6 Å². The number of carbonyl (C=O) groups excluding carboxylic acids is 2. The van der Waals surface area contributed by atoms with E-state index in [0.29, 0.717) is 11.3 Å². The van der Waals surface area contributed by atoms with Crippen molar-refractivity contribution >= 4 is 17.5 Å². The van der Waals surface area contributed by atoms with Crippen LogP contribution in [0.5, 0.6) is 0 Å². The van der Waals surface area contributed by atoms with E-state index in [1.165, 1.54) is 4.57 Å². The summed E-state index contributed by atoms with van der Waals surface area (Å²) in [5, 5.41) is 5.53. The smallest absolute Gasteiger partial charge is 0.274 e. The van der Waals surface area contributed by atoms with E-state index < -0.39 is 5.56 Å². The van der Waals surface area contributed by atoms with Gasteiger partial charge in [-0.15, -0.1) is 0 Å². The Morgan fingerprint density at radius 3 is 2.21 bits per heavy atom. The van der Waals surface area contributed by atoms with Gasteiger partial charge in [0.25, 0.3) is 11.5 Å². The number of rotatable bonds is 6. The first-order chi connectivity index (χ1) is 14.0. The third kappa shape index (κ3) is 4.99. The molecule has 1 heterocycles. The lowest BCUT2D eigenvalue weighted by atomic mass is 10.1. The van der Waals surface area contributed by atoms with Gasteiger partial charge in [-0.3, -0.25) is 14.4 Å². The normalized spacial score (nSPS) is 11.5. The fourth-order valence-corrected chi connectivity index (χ4v) is 3.00. The van der Waals surface area contributed by atoms with Crippen LogP contribution in [0.1, 0.15) is 34.6 Å². The summed E-state index contributed by atoms with van der Waals surface area (Å²) in [5.74, 6) is -0.654. The Bertz CT molecular complexity index is 1060. The predicted molar refractivity (Wildman–Crippen MR) is 113 cm³/mol. The lowest BCUT2D eigenvalue weighted by molar-refractivity contribution is -0.122. The molecule has 6 heteroatoms. The second-order valence-electron chi connectivity index (χ2n) is 6.80. The van der Waals surface area contributed by atoms with E-state index in [1.807, 2.05) is 43.3 Å². The molecule has 0 bridgehead atoms. The molecule has 0 aliphatic heterocycles. The van der Waals surface area contributed by atoms with Crippen LogP contribution < -0.4 is 16.2 Å². The summed E-state index contributed by atoms with van der Waals surface area (Å²) in [5.41, 5.74) is 1.78. The summed E-state index contributed by atoms with van der Waals surface area (Å²) in [7, 11) is 0. The van der Waals surface area contributed by atoms with Crippen molar-refractivity contribution < 1.29 is 9.59 Å². The van der Waals surface area contributed by atoms with Crippen molar-refractivity contribution in [3.8, 4) is 0 Å². The molecular weight excluding hydrogens is 366 g/mol. The van der Waals surface area contributed by atoms with Gasteiger partial charge in [-0.2, -0.15) is 0 Å². The molecule has 0 radical (unpaired) electrons. The highest BCUT2D eigenvalue weighted by Crippen LogP contribution is 2.11. The highest BCUT2D eigenvalue weighted by atomic mass is 16.2. The summed E-state index contributed by atoms with van der Waals surface area (Å²) in [4.78, 5) is 37.7. The molecule has 0 saturated carbocycles. The summed E-state index contributed by atoms with van der Waals surface area (Å²) >= 11 is 0. The van der Waals surface area contributed by atoms with E-state index >= 15 is 0 Å². The Balaban J connectivity index is 1.74. The Hall–Kier alpha value is -3.67. The van der Waals surface area contributed by atoms with Crippen LogP contribution in [0.3, 0.4) is 0 Å². The SMILES string of the molecule is Cc1ccc(NC(=O)c2ccccc2)c(=O)n1CC(=O)N[C@H](C)c1ccccc1. The average molecular weight is 389 g/mol. The molecule has 3 rings (SSSR count). The third-order valence-corrected chi connectivity index (χ3v) is 4.66. The van der Waals surface area contributed by atoms with E-state index in [0.717, 1.165) is 5.56 Å². The van der Waals surface area contributed by atoms with Gasteiger partial charge in [-0.1, -0.05) is 48.5 Å². The zero-order chi connectivity index (χ0) is 20.8. The molecule has 29 heavy (non-hydrogen) atoms. The van der Waals surface area contributed by atoms with Crippen molar-refractivity contribution in [1.82, 2.24) is 9.88 Å². The lowest BCUT2D eigenvalue weighted by Crippen LogP contribution is -2.35. The van der Waals surface area contributed by atoms with E-state index in [9.17, 15) is 14.4 Å². The minimum Gasteiger partial charge on any atom is -0.348 e. The van der Waals surface area contributed by atoms with Gasteiger partial charge in [0.1, 0.15) is 12.2 Å². The molecule has 3 aromatic rings. The maximum atomic E-state index is 12.8. The van der Waals surface area contributed by atoms with Crippen molar-refractivity contribution in [3.05, 3.63) is 100.0 Å². The van der Waals surface area contributed by atoms with Crippen molar-refractivity contribution in [1.29, 1.82) is 0 Å². The molecular formula is C23H23N3O3. The molecule has 2 N–H and O–H groups in total. The minimum atomic E-state index is -0.420. The quantitative estimate of drug-likeness (QED) is 0.679. The van der Waals surface area contributed by atoms with Crippen molar-refractivity contribution in [2.24, 2.45) is 0 Å². The monoisotopic (exact) mass is 389 g/mol. The average Bonchev–Trinajstić information content (AvgIpc) is 2.74. The number of benzene rings is 2. The molecule has 0 spiro atoms. The Morgan fingerprint density at radius 1 is 0.931 bits per heavy atom. The number of amides is 2. The minimum absolute atomic E-state index is 0.128. The number of anilines is 1. The van der Waals surface area contributed by atoms with Crippen LogP contribution >= 0.6 is 0 Å². The standard InChI is InChI=1S/C23H23N3O3/c1-16-13-14-20(25-22(28)19-11-7-4-8-12-19)23(29)26(16)15-21(27)24-17(2)18-9-5-3-6-10-18/h3-14,17H,15H2,1-2H3,(H,24,27)(H,25,28)/t17-/m1/s1. The molecule has 2 aromatic carbocycles. The molecule has 0 saturated heterocycles. The molecule has 1 aromatic heterocycles. The van der Waals surface area contributed by atoms with Crippen LogP contribution in [0, 0.1) is 6.92 Å². The predicted octanol–water partition coefficient (Wildman–Crippen LogP) is 3.29. The van der Waals surface area contributed by atoms with Gasteiger partial charge in [-0.05, 0) is 43.7 Å². The van der Waals surface area contributed by atoms with E-state index in [4.69, 9.17) is 0 Å². The highest BCUT2D eigenvalue weighted by Gasteiger charge is 2.15. The Kier molecular flexibility index (Phi) is 6.24. The fraction of sp³-hybridized carbons (Fsp3) is 0.174. The molecule has 1 atom stereocenters. The number of aryl methyl sites for hydroxylation is 1. The molecule has 2 amide bonds. The topological polar surface area (TPSA) is 80.2 Å². The molecule has 148 valence electrons. The van der Waals surface area contributed by atoms with Crippen LogP contribution in [0.15, 0.2) is 77.6 Å². The third-order valence-electron chi connectivity index (χ3n) is 4.66. The van der Waals surface area contributed by atoms with E-state index in [1.54, 1.807) is 43.3 Å². The summed E-state index contributed by atoms with van der Waals surface area (Å²) in [6, 6.07) is 21.3. The molecule has 6 nitrogen and oxygen atoms in total. The molecule has 0 unspecified atom stereocenters. The van der Waals surface area contributed by atoms with Gasteiger partial charge in [0.05, 0.1) is 6.04 Å². The van der Waals surface area contributed by atoms with Gasteiger partial charge in [-0.25, -0.2) is 0 Å². The van der Waals surface area contributed by atoms with Gasteiger partial charge in [0.2, 0.25) is 5.91 Å². The highest BCUT2D eigenvalue weighted by molar-refractivity contribution is 6.04. The van der Waals surface area contributed by atoms with Gasteiger partial charge >= 0.3 is 0 Å². The Labute approximate surface area is 169 Å². The second kappa shape index (κ2) is 9.01. The van der Waals surface area contributed by atoms with Crippen LogP contribution in [0.2, 0.25) is 0 Å². The second-order valence-corrected chi connectivity index (χ2v) is 6.80. The number of hydrogen-bond acceptors (Lipinski definition) is 3. The summed E-state index contributed by atoms with van der Waals surface area (Å²) in [6.45, 7) is 3.51. The number of nitrogens with zero attached hydrogens (tertiary/aromatic N) is 1. The lowest BCUT2D eigenvalue weighted by Gasteiger charge is -2.16.